The Balaban J connectivity index is 2.53. The molecule has 0 amide bonds. The average molecular weight is 326 g/mol. The molecule has 0 spiro atoms. The van der Waals surface area contributed by atoms with Crippen molar-refractivity contribution in [1.29, 1.82) is 0 Å². The smallest absolute Gasteiger partial charge is 0.290 e. The van der Waals surface area contributed by atoms with Crippen LogP contribution in [0.5, 0.6) is 0 Å². The van der Waals surface area contributed by atoms with E-state index in [0.717, 1.165) is 4.57 Å². The number of nitrogens with zero attached hydrogens (tertiary/aromatic N) is 3. The van der Waals surface area contributed by atoms with Crippen molar-refractivity contribution in [2.24, 2.45) is 0 Å². The van der Waals surface area contributed by atoms with Crippen LogP contribution in [-0.2, 0) is 6.54 Å². The number of hydrogen-bond acceptors (Lipinski definition) is 6. The first kappa shape index (κ1) is 16.1. The number of nitrogens with one attached hydrogen (secondary N) is 1. The maximum Gasteiger partial charge on any atom is 0.330 e. The second-order valence-corrected chi connectivity index (χ2v) is 6.78. The summed E-state index contributed by atoms with van der Waals surface area (Å²) in [7, 11) is 0. The van der Waals surface area contributed by atoms with Crippen LogP contribution in [0.15, 0.2) is 9.59 Å². The molecule has 0 bridgehead atoms. The van der Waals surface area contributed by atoms with Crippen LogP contribution in [0.4, 0.5) is 0 Å². The van der Waals surface area contributed by atoms with Gasteiger partial charge in [-0.05, 0) is 27.2 Å². The molecule has 0 aromatic carbocycles. The normalized spacial score (nSPS) is 14.3. The molecule has 2 heterocycles. The van der Waals surface area contributed by atoms with Crippen molar-refractivity contribution in [3.05, 3.63) is 32.2 Å². The molecule has 0 aliphatic heterocycles. The van der Waals surface area contributed by atoms with Gasteiger partial charge >= 0.3 is 5.69 Å². The Morgan fingerprint density at radius 3 is 2.48 bits per heavy atom. The maximum atomic E-state index is 12.4. The summed E-state index contributed by atoms with van der Waals surface area (Å²) >= 11 is 8.67. The van der Waals surface area contributed by atoms with Crippen LogP contribution in [0, 0.1) is 13.8 Å². The molecule has 1 N–H and O–H groups in total. The Labute approximate surface area is 132 Å². The zero-order chi connectivity index (χ0) is 15.8. The summed E-state index contributed by atoms with van der Waals surface area (Å²) in [5.74, 6) is 0.550. The van der Waals surface area contributed by atoms with Crippen LogP contribution in [0.25, 0.3) is 11.2 Å². The highest BCUT2D eigenvalue weighted by molar-refractivity contribution is 7.85. The van der Waals surface area contributed by atoms with Gasteiger partial charge in [0.05, 0.1) is 11.4 Å². The summed E-state index contributed by atoms with van der Waals surface area (Å²) in [4.78, 5) is 35.5. The second-order valence-electron chi connectivity index (χ2n) is 5.38. The highest BCUT2D eigenvalue weighted by atomic mass is 32.1. The number of aromatic nitrogens is 4. The number of fused-ring (bicyclic) bond motifs is 1. The lowest BCUT2D eigenvalue weighted by molar-refractivity contribution is 0.534. The van der Waals surface area contributed by atoms with Crippen LogP contribution < -0.4 is 11.2 Å². The predicted molar refractivity (Wildman–Crippen MR) is 89.8 cm³/mol. The van der Waals surface area contributed by atoms with Crippen LogP contribution in [0.2, 0.25) is 0 Å². The highest BCUT2D eigenvalue weighted by Gasteiger charge is 2.19. The predicted octanol–water partition coefficient (Wildman–Crippen LogP) is 1.11. The van der Waals surface area contributed by atoms with Crippen molar-refractivity contribution in [1.82, 2.24) is 19.5 Å². The molecule has 21 heavy (non-hydrogen) atoms. The van der Waals surface area contributed by atoms with Crippen molar-refractivity contribution < 1.29 is 0 Å². The SMILES string of the molecule is Cc1nc2[nH]c(=O)n(CC[C@@](C)(S)CS)c(=O)c2nc1C. The van der Waals surface area contributed by atoms with Gasteiger partial charge in [0.2, 0.25) is 0 Å². The standard InChI is InChI=1S/C13H18N4O2S2/c1-7-8(2)15-10-9(14-7)11(18)17(12(19)16-10)5-4-13(3,21)6-20/h20-21H,4-6H2,1-3H3,(H,15,16,19)/t13-/m1/s1. The maximum absolute atomic E-state index is 12.4. The number of rotatable bonds is 4. The summed E-state index contributed by atoms with van der Waals surface area (Å²) in [6.07, 6.45) is 0.548. The van der Waals surface area contributed by atoms with E-state index in [4.69, 9.17) is 0 Å². The minimum Gasteiger partial charge on any atom is -0.290 e. The quantitative estimate of drug-likeness (QED) is 0.735. The molecule has 2 rings (SSSR count). The van der Waals surface area contributed by atoms with Crippen LogP contribution in [0.1, 0.15) is 24.7 Å². The molecule has 0 saturated heterocycles. The number of aryl methyl sites for hydroxylation is 2. The van der Waals surface area contributed by atoms with E-state index in [9.17, 15) is 9.59 Å². The van der Waals surface area contributed by atoms with Gasteiger partial charge in [-0.1, -0.05) is 0 Å². The zero-order valence-electron chi connectivity index (χ0n) is 12.2. The minimum atomic E-state index is -0.478. The molecule has 0 unspecified atom stereocenters. The molecular weight excluding hydrogens is 308 g/mol. The van der Waals surface area contributed by atoms with Crippen LogP contribution in [-0.4, -0.2) is 30.0 Å². The van der Waals surface area contributed by atoms with Crippen molar-refractivity contribution in [2.75, 3.05) is 5.75 Å². The Morgan fingerprint density at radius 1 is 1.24 bits per heavy atom. The number of H-pyrrole nitrogens is 1. The summed E-state index contributed by atoms with van der Waals surface area (Å²) in [5.41, 5.74) is 0.874. The average Bonchev–Trinajstić information content (AvgIpc) is 2.41. The Hall–Kier alpha value is -1.28. The minimum absolute atomic E-state index is 0.185. The fourth-order valence-corrected chi connectivity index (χ4v) is 2.12. The van der Waals surface area contributed by atoms with Crippen molar-refractivity contribution in [3.63, 3.8) is 0 Å². The van der Waals surface area contributed by atoms with Gasteiger partial charge in [0, 0.05) is 17.0 Å². The van der Waals surface area contributed by atoms with Gasteiger partial charge in [-0.3, -0.25) is 14.3 Å². The third-order valence-electron chi connectivity index (χ3n) is 3.44. The topological polar surface area (TPSA) is 80.6 Å². The van der Waals surface area contributed by atoms with Gasteiger partial charge in [-0.25, -0.2) is 14.8 Å². The summed E-state index contributed by atoms with van der Waals surface area (Å²) in [5, 5.41) is 0. The molecular formula is C13H18N4O2S2. The highest BCUT2D eigenvalue weighted by Crippen LogP contribution is 2.20. The summed E-state index contributed by atoms with van der Waals surface area (Å²) in [6, 6.07) is 0. The van der Waals surface area contributed by atoms with Gasteiger partial charge in [0.25, 0.3) is 5.56 Å². The third kappa shape index (κ3) is 3.32. The van der Waals surface area contributed by atoms with Crippen molar-refractivity contribution >= 4 is 36.4 Å². The van der Waals surface area contributed by atoms with Crippen molar-refractivity contribution in [2.45, 2.75) is 38.5 Å². The summed E-state index contributed by atoms with van der Waals surface area (Å²) in [6.45, 7) is 5.74. The monoisotopic (exact) mass is 326 g/mol. The largest absolute Gasteiger partial charge is 0.330 e. The fraction of sp³-hybridized carbons (Fsp3) is 0.538. The molecule has 0 fully saturated rings. The lowest BCUT2D eigenvalue weighted by Gasteiger charge is -2.20. The number of hydrogen-bond donors (Lipinski definition) is 3. The first-order chi connectivity index (χ1) is 9.75. The second kappa shape index (κ2) is 5.84. The lowest BCUT2D eigenvalue weighted by Crippen LogP contribution is -2.37. The Morgan fingerprint density at radius 2 is 1.86 bits per heavy atom. The first-order valence-corrected chi connectivity index (χ1v) is 7.64. The van der Waals surface area contributed by atoms with Gasteiger partial charge in [-0.15, -0.1) is 0 Å². The molecule has 2 aromatic heterocycles. The Bertz CT molecular complexity index is 795. The Kier molecular flexibility index (Phi) is 4.48. The van der Waals surface area contributed by atoms with Gasteiger partial charge < -0.3 is 0 Å². The van der Waals surface area contributed by atoms with E-state index in [2.05, 4.69) is 40.2 Å². The van der Waals surface area contributed by atoms with E-state index in [1.807, 2.05) is 6.92 Å². The van der Waals surface area contributed by atoms with E-state index >= 15 is 0 Å². The molecule has 0 radical (unpaired) electrons. The first-order valence-electron chi connectivity index (χ1n) is 6.56. The number of aromatic amines is 1. The molecule has 0 saturated carbocycles. The van der Waals surface area contributed by atoms with Gasteiger partial charge in [-0.2, -0.15) is 25.3 Å². The zero-order valence-corrected chi connectivity index (χ0v) is 14.0. The molecule has 0 aliphatic carbocycles. The van der Waals surface area contributed by atoms with Crippen molar-refractivity contribution in [3.8, 4) is 0 Å². The van der Waals surface area contributed by atoms with E-state index in [1.165, 1.54) is 0 Å². The molecule has 0 aliphatic rings. The van der Waals surface area contributed by atoms with Gasteiger partial charge in [0.15, 0.2) is 11.2 Å². The number of thiol groups is 2. The van der Waals surface area contributed by atoms with E-state index < -0.39 is 11.2 Å². The lowest BCUT2D eigenvalue weighted by atomic mass is 10.1. The molecule has 1 atom stereocenters. The molecule has 2 aromatic rings. The molecule has 8 heteroatoms. The van der Waals surface area contributed by atoms with E-state index in [0.29, 0.717) is 23.6 Å². The van der Waals surface area contributed by atoms with E-state index in [1.54, 1.807) is 13.8 Å². The van der Waals surface area contributed by atoms with Gasteiger partial charge in [0.1, 0.15) is 0 Å². The molecule has 6 nitrogen and oxygen atoms in total. The van der Waals surface area contributed by atoms with E-state index in [-0.39, 0.29) is 22.5 Å². The fourth-order valence-electron chi connectivity index (χ4n) is 1.86. The molecule has 114 valence electrons. The van der Waals surface area contributed by atoms with Crippen LogP contribution >= 0.6 is 25.3 Å². The summed E-state index contributed by atoms with van der Waals surface area (Å²) < 4.78 is 0.794. The third-order valence-corrected chi connectivity index (χ3v) is 4.77. The van der Waals surface area contributed by atoms with Crippen LogP contribution in [0.3, 0.4) is 0 Å².